The molecule has 5 heteroatoms. The molecule has 1 N–H and O–H groups in total. The number of carbonyl (C=O) groups is 1. The summed E-state index contributed by atoms with van der Waals surface area (Å²) in [4.78, 5) is 17.6. The molecule has 0 atom stereocenters. The first kappa shape index (κ1) is 16.9. The lowest BCUT2D eigenvalue weighted by Gasteiger charge is -2.00. The van der Waals surface area contributed by atoms with Crippen LogP contribution in [-0.4, -0.2) is 17.9 Å². The van der Waals surface area contributed by atoms with Crippen LogP contribution in [0.3, 0.4) is 0 Å². The molecule has 0 radical (unpaired) electrons. The van der Waals surface area contributed by atoms with Crippen molar-refractivity contribution in [2.45, 2.75) is 6.92 Å². The summed E-state index contributed by atoms with van der Waals surface area (Å²) in [5.74, 6) is 0.705. The lowest BCUT2D eigenvalue weighted by molar-refractivity contribution is 0.105. The van der Waals surface area contributed by atoms with Crippen molar-refractivity contribution in [2.75, 3.05) is 12.4 Å². The van der Waals surface area contributed by atoms with Gasteiger partial charge in [-0.05, 0) is 42.8 Å². The van der Waals surface area contributed by atoms with Crippen molar-refractivity contribution in [3.05, 3.63) is 76.8 Å². The molecular weight excluding hydrogens is 332 g/mol. The number of para-hydroxylation sites is 1. The third-order valence-corrected chi connectivity index (χ3v) is 4.65. The number of ether oxygens (including phenoxy) is 1. The Morgan fingerprint density at radius 3 is 2.72 bits per heavy atom. The maximum absolute atomic E-state index is 12.5. The molecule has 0 unspecified atom stereocenters. The van der Waals surface area contributed by atoms with E-state index in [1.165, 1.54) is 11.3 Å². The summed E-state index contributed by atoms with van der Waals surface area (Å²) in [6.07, 6.45) is 3.36. The SMILES string of the molecule is COc1cccc(/C=C/C(=O)c2sc(Nc3ccccc3)nc2C)c1. The van der Waals surface area contributed by atoms with Crippen LogP contribution in [0.2, 0.25) is 0 Å². The van der Waals surface area contributed by atoms with Gasteiger partial charge in [0.2, 0.25) is 0 Å². The molecule has 1 aromatic heterocycles. The zero-order chi connectivity index (χ0) is 17.6. The Morgan fingerprint density at radius 1 is 1.16 bits per heavy atom. The van der Waals surface area contributed by atoms with Crippen molar-refractivity contribution in [3.63, 3.8) is 0 Å². The van der Waals surface area contributed by atoms with Crippen molar-refractivity contribution in [1.29, 1.82) is 0 Å². The lowest BCUT2D eigenvalue weighted by Crippen LogP contribution is -1.93. The monoisotopic (exact) mass is 350 g/mol. The fourth-order valence-corrected chi connectivity index (χ4v) is 3.22. The Bertz CT molecular complexity index is 901. The van der Waals surface area contributed by atoms with E-state index in [4.69, 9.17) is 4.74 Å². The molecule has 0 spiro atoms. The van der Waals surface area contributed by atoms with E-state index in [0.29, 0.717) is 10.0 Å². The zero-order valence-electron chi connectivity index (χ0n) is 14.0. The van der Waals surface area contributed by atoms with Gasteiger partial charge in [0.25, 0.3) is 0 Å². The number of rotatable bonds is 6. The van der Waals surface area contributed by atoms with Gasteiger partial charge in [-0.15, -0.1) is 0 Å². The molecule has 0 amide bonds. The summed E-state index contributed by atoms with van der Waals surface area (Å²) < 4.78 is 5.19. The maximum Gasteiger partial charge on any atom is 0.197 e. The average Bonchev–Trinajstić information content (AvgIpc) is 3.01. The molecule has 0 aliphatic rings. The number of nitrogens with one attached hydrogen (secondary N) is 1. The average molecular weight is 350 g/mol. The number of carbonyl (C=O) groups excluding carboxylic acids is 1. The number of thiazole rings is 1. The van der Waals surface area contributed by atoms with Crippen molar-refractivity contribution < 1.29 is 9.53 Å². The second-order valence-corrected chi connectivity index (χ2v) is 6.40. The van der Waals surface area contributed by atoms with Crippen molar-refractivity contribution in [2.24, 2.45) is 0 Å². The number of anilines is 2. The third kappa shape index (κ3) is 4.33. The van der Waals surface area contributed by atoms with Crippen molar-refractivity contribution in [1.82, 2.24) is 4.98 Å². The second-order valence-electron chi connectivity index (χ2n) is 5.40. The topological polar surface area (TPSA) is 51.2 Å². The predicted octanol–water partition coefficient (Wildman–Crippen LogP) is 5.10. The zero-order valence-corrected chi connectivity index (χ0v) is 14.8. The van der Waals surface area contributed by atoms with E-state index in [2.05, 4.69) is 10.3 Å². The van der Waals surface area contributed by atoms with Crippen LogP contribution in [0, 0.1) is 6.92 Å². The van der Waals surface area contributed by atoms with Gasteiger partial charge in [0.05, 0.1) is 17.7 Å². The van der Waals surface area contributed by atoms with Crippen molar-refractivity contribution >= 4 is 34.0 Å². The van der Waals surface area contributed by atoms with Gasteiger partial charge in [0.1, 0.15) is 5.75 Å². The van der Waals surface area contributed by atoms with Crippen LogP contribution in [0.25, 0.3) is 6.08 Å². The van der Waals surface area contributed by atoms with Crippen LogP contribution < -0.4 is 10.1 Å². The van der Waals surface area contributed by atoms with Gasteiger partial charge in [0.15, 0.2) is 10.9 Å². The van der Waals surface area contributed by atoms with Gasteiger partial charge in [-0.25, -0.2) is 4.98 Å². The first-order valence-electron chi connectivity index (χ1n) is 7.81. The van der Waals surface area contributed by atoms with Gasteiger partial charge < -0.3 is 10.1 Å². The first-order chi connectivity index (χ1) is 12.2. The van der Waals surface area contributed by atoms with E-state index in [-0.39, 0.29) is 5.78 Å². The van der Waals surface area contributed by atoms with E-state index >= 15 is 0 Å². The molecule has 0 fully saturated rings. The number of aromatic nitrogens is 1. The number of allylic oxidation sites excluding steroid dienone is 1. The van der Waals surface area contributed by atoms with Crippen molar-refractivity contribution in [3.8, 4) is 5.75 Å². The van der Waals surface area contributed by atoms with E-state index in [1.807, 2.05) is 61.5 Å². The Kier molecular flexibility index (Phi) is 5.26. The first-order valence-corrected chi connectivity index (χ1v) is 8.63. The summed E-state index contributed by atoms with van der Waals surface area (Å²) in [6, 6.07) is 17.3. The molecule has 0 saturated carbocycles. The summed E-state index contributed by atoms with van der Waals surface area (Å²) in [5, 5.41) is 3.93. The molecule has 25 heavy (non-hydrogen) atoms. The van der Waals surface area contributed by atoms with E-state index < -0.39 is 0 Å². The minimum atomic E-state index is -0.0565. The Morgan fingerprint density at radius 2 is 1.96 bits per heavy atom. The molecule has 0 bridgehead atoms. The van der Waals surface area contributed by atoms with E-state index in [0.717, 1.165) is 22.7 Å². The summed E-state index contributed by atoms with van der Waals surface area (Å²) in [7, 11) is 1.62. The van der Waals surface area contributed by atoms with Crippen LogP contribution in [0.1, 0.15) is 20.9 Å². The highest BCUT2D eigenvalue weighted by molar-refractivity contribution is 7.17. The molecule has 0 aliphatic heterocycles. The molecule has 0 aliphatic carbocycles. The smallest absolute Gasteiger partial charge is 0.197 e. The van der Waals surface area contributed by atoms with Crippen LogP contribution in [-0.2, 0) is 0 Å². The van der Waals surface area contributed by atoms with Gasteiger partial charge in [-0.2, -0.15) is 0 Å². The van der Waals surface area contributed by atoms with Gasteiger partial charge >= 0.3 is 0 Å². The Hall–Kier alpha value is -2.92. The summed E-state index contributed by atoms with van der Waals surface area (Å²) >= 11 is 1.36. The molecule has 2 aromatic carbocycles. The van der Waals surface area contributed by atoms with Crippen LogP contribution in [0.4, 0.5) is 10.8 Å². The minimum Gasteiger partial charge on any atom is -0.497 e. The number of hydrogen-bond donors (Lipinski definition) is 1. The number of hydrogen-bond acceptors (Lipinski definition) is 5. The number of aryl methyl sites for hydroxylation is 1. The van der Waals surface area contributed by atoms with Crippen LogP contribution >= 0.6 is 11.3 Å². The van der Waals surface area contributed by atoms with Crippen LogP contribution in [0.5, 0.6) is 5.75 Å². The Balaban J connectivity index is 1.74. The molecule has 126 valence electrons. The predicted molar refractivity (Wildman–Crippen MR) is 103 cm³/mol. The highest BCUT2D eigenvalue weighted by atomic mass is 32.1. The Labute approximate surface area is 150 Å². The third-order valence-electron chi connectivity index (χ3n) is 3.57. The molecule has 3 rings (SSSR count). The number of methoxy groups -OCH3 is 1. The molecule has 4 nitrogen and oxygen atoms in total. The second kappa shape index (κ2) is 7.77. The summed E-state index contributed by atoms with van der Waals surface area (Å²) in [5.41, 5.74) is 2.59. The normalized spacial score (nSPS) is 10.8. The van der Waals surface area contributed by atoms with Crippen LogP contribution in [0.15, 0.2) is 60.7 Å². The van der Waals surface area contributed by atoms with Gasteiger partial charge in [-0.3, -0.25) is 4.79 Å². The highest BCUT2D eigenvalue weighted by Gasteiger charge is 2.13. The van der Waals surface area contributed by atoms with Gasteiger partial charge in [0, 0.05) is 5.69 Å². The number of benzene rings is 2. The molecule has 1 heterocycles. The van der Waals surface area contributed by atoms with E-state index in [9.17, 15) is 4.79 Å². The maximum atomic E-state index is 12.5. The minimum absolute atomic E-state index is 0.0565. The quantitative estimate of drug-likeness (QED) is 0.496. The van der Waals surface area contributed by atoms with Gasteiger partial charge in [-0.1, -0.05) is 47.7 Å². The number of nitrogens with zero attached hydrogens (tertiary/aromatic N) is 1. The van der Waals surface area contributed by atoms with E-state index in [1.54, 1.807) is 19.3 Å². The largest absolute Gasteiger partial charge is 0.497 e. The fraction of sp³-hybridized carbons (Fsp3) is 0.100. The standard InChI is InChI=1S/C20H18N2O2S/c1-14-19(25-20(21-14)22-16-8-4-3-5-9-16)18(23)12-11-15-7-6-10-17(13-15)24-2/h3-13H,1-2H3,(H,21,22)/b12-11+. The lowest BCUT2D eigenvalue weighted by atomic mass is 10.1. The fourth-order valence-electron chi connectivity index (χ4n) is 2.32. The molecule has 3 aromatic rings. The molecule has 0 saturated heterocycles. The summed E-state index contributed by atoms with van der Waals surface area (Å²) in [6.45, 7) is 1.85. The highest BCUT2D eigenvalue weighted by Crippen LogP contribution is 2.26. The number of ketones is 1. The molecular formula is C20H18N2O2S.